The van der Waals surface area contributed by atoms with Gasteiger partial charge in [-0.1, -0.05) is 42.1 Å². The first kappa shape index (κ1) is 15.4. The molecule has 3 nitrogen and oxygen atoms in total. The van der Waals surface area contributed by atoms with Gasteiger partial charge in [0.2, 0.25) is 0 Å². The molecule has 0 saturated heterocycles. The standard InChI is InChI=1S/C16H22BrNO2/c1-3-12-6-4-5-11-16(12,15(19)20-2)18-14-9-7-13(17)8-10-14/h7-10,12,18H,3-6,11H2,1-2H3. The average molecular weight is 340 g/mol. The van der Waals surface area contributed by atoms with Crippen LogP contribution in [-0.4, -0.2) is 18.6 Å². The lowest BCUT2D eigenvalue weighted by Gasteiger charge is -2.42. The van der Waals surface area contributed by atoms with Crippen molar-refractivity contribution in [3.63, 3.8) is 0 Å². The third-order valence-electron chi connectivity index (χ3n) is 4.32. The van der Waals surface area contributed by atoms with E-state index in [0.717, 1.165) is 35.8 Å². The number of anilines is 1. The van der Waals surface area contributed by atoms with Gasteiger partial charge in [0.15, 0.2) is 0 Å². The highest BCUT2D eigenvalue weighted by Crippen LogP contribution is 2.39. The van der Waals surface area contributed by atoms with Crippen LogP contribution in [0.25, 0.3) is 0 Å². The van der Waals surface area contributed by atoms with E-state index in [1.807, 2.05) is 24.3 Å². The van der Waals surface area contributed by atoms with Gasteiger partial charge in [0, 0.05) is 10.2 Å². The van der Waals surface area contributed by atoms with Gasteiger partial charge in [-0.2, -0.15) is 0 Å². The van der Waals surface area contributed by atoms with Crippen LogP contribution >= 0.6 is 15.9 Å². The SMILES string of the molecule is CCC1CCCCC1(Nc1ccc(Br)cc1)C(=O)OC. The fourth-order valence-corrected chi connectivity index (χ4v) is 3.52. The molecule has 1 fully saturated rings. The van der Waals surface area contributed by atoms with Gasteiger partial charge in [-0.15, -0.1) is 0 Å². The Bertz CT molecular complexity index is 460. The van der Waals surface area contributed by atoms with Crippen molar-refractivity contribution in [2.45, 2.75) is 44.6 Å². The molecule has 0 bridgehead atoms. The number of ether oxygens (including phenoxy) is 1. The summed E-state index contributed by atoms with van der Waals surface area (Å²) < 4.78 is 6.14. The van der Waals surface area contributed by atoms with Crippen molar-refractivity contribution in [2.75, 3.05) is 12.4 Å². The molecule has 0 spiro atoms. The summed E-state index contributed by atoms with van der Waals surface area (Å²) in [6.07, 6.45) is 5.16. The Kier molecular flexibility index (Phi) is 5.08. The Morgan fingerprint density at radius 2 is 2.10 bits per heavy atom. The number of benzene rings is 1. The minimum absolute atomic E-state index is 0.132. The molecule has 1 N–H and O–H groups in total. The molecule has 4 heteroatoms. The zero-order valence-electron chi connectivity index (χ0n) is 12.1. The van der Waals surface area contributed by atoms with Crippen LogP contribution < -0.4 is 5.32 Å². The van der Waals surface area contributed by atoms with Gasteiger partial charge >= 0.3 is 5.97 Å². The van der Waals surface area contributed by atoms with Gasteiger partial charge in [0.25, 0.3) is 0 Å². The number of methoxy groups -OCH3 is 1. The molecule has 1 aromatic carbocycles. The summed E-state index contributed by atoms with van der Waals surface area (Å²) in [5.41, 5.74) is 0.397. The van der Waals surface area contributed by atoms with E-state index in [2.05, 4.69) is 28.2 Å². The Morgan fingerprint density at radius 3 is 2.70 bits per heavy atom. The second-order valence-corrected chi connectivity index (χ2v) is 6.36. The van der Waals surface area contributed by atoms with Crippen molar-refractivity contribution in [2.24, 2.45) is 5.92 Å². The molecule has 2 rings (SSSR count). The van der Waals surface area contributed by atoms with Crippen molar-refractivity contribution < 1.29 is 9.53 Å². The normalized spacial score (nSPS) is 26.1. The maximum atomic E-state index is 12.4. The molecular formula is C16H22BrNO2. The summed E-state index contributed by atoms with van der Waals surface area (Å²) in [5, 5.41) is 3.48. The third kappa shape index (κ3) is 3.00. The maximum absolute atomic E-state index is 12.4. The lowest BCUT2D eigenvalue weighted by Crippen LogP contribution is -2.54. The Hall–Kier alpha value is -1.03. The third-order valence-corrected chi connectivity index (χ3v) is 4.85. The van der Waals surface area contributed by atoms with Gasteiger partial charge in [0.05, 0.1) is 7.11 Å². The van der Waals surface area contributed by atoms with Crippen molar-refractivity contribution >= 4 is 27.6 Å². The van der Waals surface area contributed by atoms with Crippen LogP contribution in [0.4, 0.5) is 5.69 Å². The number of carbonyl (C=O) groups excluding carboxylic acids is 1. The van der Waals surface area contributed by atoms with Crippen molar-refractivity contribution in [1.82, 2.24) is 0 Å². The summed E-state index contributed by atoms with van der Waals surface area (Å²) in [6.45, 7) is 2.15. The summed E-state index contributed by atoms with van der Waals surface area (Å²) >= 11 is 3.43. The first-order valence-electron chi connectivity index (χ1n) is 7.24. The highest BCUT2D eigenvalue weighted by molar-refractivity contribution is 9.10. The molecule has 1 aliphatic carbocycles. The van der Waals surface area contributed by atoms with Crippen molar-refractivity contribution in [1.29, 1.82) is 0 Å². The van der Waals surface area contributed by atoms with Crippen molar-refractivity contribution in [3.05, 3.63) is 28.7 Å². The number of esters is 1. The lowest BCUT2D eigenvalue weighted by atomic mass is 9.71. The van der Waals surface area contributed by atoms with E-state index in [1.165, 1.54) is 13.5 Å². The van der Waals surface area contributed by atoms with E-state index < -0.39 is 5.54 Å². The molecule has 1 aliphatic rings. The molecule has 1 saturated carbocycles. The summed E-state index contributed by atoms with van der Waals surface area (Å²) in [5.74, 6) is 0.194. The predicted molar refractivity (Wildman–Crippen MR) is 84.8 cm³/mol. The highest BCUT2D eigenvalue weighted by atomic mass is 79.9. The Labute approximate surface area is 129 Å². The van der Waals surface area contributed by atoms with E-state index in [9.17, 15) is 4.79 Å². The highest BCUT2D eigenvalue weighted by Gasteiger charge is 2.47. The summed E-state index contributed by atoms with van der Waals surface area (Å²) in [7, 11) is 1.48. The quantitative estimate of drug-likeness (QED) is 0.827. The molecule has 1 aromatic rings. The van der Waals surface area contributed by atoms with Crippen LogP contribution in [0.5, 0.6) is 0 Å². The molecule has 0 amide bonds. The van der Waals surface area contributed by atoms with Crippen molar-refractivity contribution in [3.8, 4) is 0 Å². The predicted octanol–water partition coefficient (Wildman–Crippen LogP) is 4.37. The van der Waals surface area contributed by atoms with Crippen LogP contribution in [0.2, 0.25) is 0 Å². The largest absolute Gasteiger partial charge is 0.467 e. The molecular weight excluding hydrogens is 318 g/mol. The number of hydrogen-bond donors (Lipinski definition) is 1. The molecule has 0 aliphatic heterocycles. The fraction of sp³-hybridized carbons (Fsp3) is 0.562. The van der Waals surface area contributed by atoms with E-state index in [-0.39, 0.29) is 5.97 Å². The zero-order valence-corrected chi connectivity index (χ0v) is 13.7. The first-order chi connectivity index (χ1) is 9.62. The van der Waals surface area contributed by atoms with Crippen LogP contribution in [0, 0.1) is 5.92 Å². The number of nitrogens with one attached hydrogen (secondary N) is 1. The fourth-order valence-electron chi connectivity index (χ4n) is 3.25. The number of carbonyl (C=O) groups is 1. The molecule has 20 heavy (non-hydrogen) atoms. The smallest absolute Gasteiger partial charge is 0.331 e. The van der Waals surface area contributed by atoms with Crippen LogP contribution in [0.1, 0.15) is 39.0 Å². The molecule has 0 radical (unpaired) electrons. The number of rotatable bonds is 4. The van der Waals surface area contributed by atoms with Gasteiger partial charge in [-0.3, -0.25) is 0 Å². The number of halogens is 1. The molecule has 110 valence electrons. The monoisotopic (exact) mass is 339 g/mol. The average Bonchev–Trinajstić information content (AvgIpc) is 2.49. The summed E-state index contributed by atoms with van der Waals surface area (Å²) in [4.78, 5) is 12.4. The Morgan fingerprint density at radius 1 is 1.40 bits per heavy atom. The summed E-state index contributed by atoms with van der Waals surface area (Å²) in [6, 6.07) is 7.96. The first-order valence-corrected chi connectivity index (χ1v) is 8.04. The van der Waals surface area contributed by atoms with Crippen LogP contribution in [-0.2, 0) is 9.53 Å². The maximum Gasteiger partial charge on any atom is 0.331 e. The van der Waals surface area contributed by atoms with E-state index in [0.29, 0.717) is 5.92 Å². The lowest BCUT2D eigenvalue weighted by molar-refractivity contribution is -0.149. The zero-order chi connectivity index (χ0) is 14.6. The molecule has 0 aromatic heterocycles. The van der Waals surface area contributed by atoms with Gasteiger partial charge < -0.3 is 10.1 Å². The van der Waals surface area contributed by atoms with E-state index in [1.54, 1.807) is 0 Å². The second-order valence-electron chi connectivity index (χ2n) is 5.45. The number of hydrogen-bond acceptors (Lipinski definition) is 3. The van der Waals surface area contributed by atoms with E-state index >= 15 is 0 Å². The van der Waals surface area contributed by atoms with Gasteiger partial charge in [-0.05, 0) is 43.0 Å². The van der Waals surface area contributed by atoms with Gasteiger partial charge in [0.1, 0.15) is 5.54 Å². The molecule has 0 heterocycles. The molecule has 2 atom stereocenters. The topological polar surface area (TPSA) is 38.3 Å². The van der Waals surface area contributed by atoms with Crippen LogP contribution in [0.3, 0.4) is 0 Å². The Balaban J connectivity index is 2.31. The van der Waals surface area contributed by atoms with E-state index in [4.69, 9.17) is 4.74 Å². The second kappa shape index (κ2) is 6.61. The van der Waals surface area contributed by atoms with Gasteiger partial charge in [-0.25, -0.2) is 4.79 Å². The minimum Gasteiger partial charge on any atom is -0.467 e. The van der Waals surface area contributed by atoms with Crippen LogP contribution in [0.15, 0.2) is 28.7 Å². The minimum atomic E-state index is -0.574. The molecule has 2 unspecified atom stereocenters.